The fraction of sp³-hybridized carbons (Fsp3) is 0.517. The number of piperazine rings is 1. The van der Waals surface area contributed by atoms with Crippen LogP contribution in [0.3, 0.4) is 0 Å². The van der Waals surface area contributed by atoms with E-state index in [1.54, 1.807) is 29.2 Å². The number of carbonyl (C=O) groups excluding carboxylic acids is 3. The Kier molecular flexibility index (Phi) is 9.83. The molecular formula is C29H34Br2FN5O4S. The van der Waals surface area contributed by atoms with Crippen molar-refractivity contribution in [3.05, 3.63) is 44.4 Å². The number of thiazole rings is 1. The second kappa shape index (κ2) is 13.2. The number of benzene rings is 1. The van der Waals surface area contributed by atoms with Gasteiger partial charge in [-0.05, 0) is 63.4 Å². The van der Waals surface area contributed by atoms with Gasteiger partial charge in [0.2, 0.25) is 11.0 Å². The number of halogens is 3. The summed E-state index contributed by atoms with van der Waals surface area (Å²) >= 11 is 7.77. The van der Waals surface area contributed by atoms with Gasteiger partial charge in [0.15, 0.2) is 10.9 Å². The van der Waals surface area contributed by atoms with Crippen molar-refractivity contribution in [2.75, 3.05) is 51.3 Å². The van der Waals surface area contributed by atoms with E-state index in [0.717, 1.165) is 40.9 Å². The Labute approximate surface area is 265 Å². The van der Waals surface area contributed by atoms with Gasteiger partial charge in [0.1, 0.15) is 24.4 Å². The molecule has 3 aliphatic rings. The van der Waals surface area contributed by atoms with Crippen molar-refractivity contribution in [2.24, 2.45) is 11.8 Å². The van der Waals surface area contributed by atoms with E-state index in [1.807, 2.05) is 19.9 Å². The van der Waals surface area contributed by atoms with Crippen LogP contribution in [-0.4, -0.2) is 96.9 Å². The van der Waals surface area contributed by atoms with Crippen LogP contribution in [0.1, 0.15) is 30.6 Å². The molecule has 1 aromatic heterocycles. The molecule has 226 valence electrons. The van der Waals surface area contributed by atoms with E-state index in [1.165, 1.54) is 0 Å². The molecule has 0 saturated carbocycles. The molecule has 1 N–H and O–H groups in total. The first-order valence-electron chi connectivity index (χ1n) is 14.0. The van der Waals surface area contributed by atoms with Crippen LogP contribution in [0.15, 0.2) is 33.7 Å². The molecule has 0 bridgehead atoms. The number of Topliss-reactive ketones (excluding diaryl/α,β-unsaturated/α-hetero) is 1. The smallest absolute Gasteiger partial charge is 0.251 e. The lowest BCUT2D eigenvalue weighted by Gasteiger charge is -2.31. The van der Waals surface area contributed by atoms with Crippen molar-refractivity contribution in [1.29, 1.82) is 0 Å². The third-order valence-electron chi connectivity index (χ3n) is 7.93. The number of ketones is 1. The predicted octanol–water partition coefficient (Wildman–Crippen LogP) is 4.27. The maximum Gasteiger partial charge on any atom is 0.251 e. The number of nitrogens with zero attached hydrogens (tertiary/aromatic N) is 4. The zero-order chi connectivity index (χ0) is 30.1. The van der Waals surface area contributed by atoms with Crippen molar-refractivity contribution in [2.45, 2.75) is 38.5 Å². The topological polar surface area (TPSA) is 95.1 Å². The molecule has 5 rings (SSSR count). The summed E-state index contributed by atoms with van der Waals surface area (Å²) in [5, 5.41) is 3.19. The van der Waals surface area contributed by atoms with Crippen molar-refractivity contribution >= 4 is 65.9 Å². The third-order valence-corrected chi connectivity index (χ3v) is 9.36. The van der Waals surface area contributed by atoms with Gasteiger partial charge in [0.05, 0.1) is 9.50 Å². The fourth-order valence-electron chi connectivity index (χ4n) is 5.74. The van der Waals surface area contributed by atoms with E-state index in [-0.39, 0.29) is 41.0 Å². The maximum absolute atomic E-state index is 14.9. The fourth-order valence-corrected chi connectivity index (χ4v) is 7.29. The van der Waals surface area contributed by atoms with Crippen molar-refractivity contribution < 1.29 is 23.5 Å². The quantitative estimate of drug-likeness (QED) is 0.435. The summed E-state index contributed by atoms with van der Waals surface area (Å²) in [5.41, 5.74) is 1.19. The lowest BCUT2D eigenvalue weighted by Crippen LogP contribution is -2.52. The minimum absolute atomic E-state index is 0.0344. The molecule has 4 heterocycles. The van der Waals surface area contributed by atoms with Crippen LogP contribution in [0, 0.1) is 17.0 Å². The zero-order valence-corrected chi connectivity index (χ0v) is 27.7. The SMILES string of the molecule is CC(C)C[C@H](NC(=O)c1ccc(-c2nc(N3CCN(C)CC3)sc2F)cc1)C(=O)N1C[C@@H](C=C(Br)Br)C2OCC(=O)C21. The number of hydrogen-bond acceptors (Lipinski definition) is 8. The molecule has 3 saturated heterocycles. The molecule has 4 atom stereocenters. The molecule has 42 heavy (non-hydrogen) atoms. The Balaban J connectivity index is 1.29. The number of carbonyl (C=O) groups is 3. The van der Waals surface area contributed by atoms with Crippen molar-refractivity contribution in [1.82, 2.24) is 20.1 Å². The van der Waals surface area contributed by atoms with Gasteiger partial charge >= 0.3 is 0 Å². The van der Waals surface area contributed by atoms with Gasteiger partial charge < -0.3 is 24.8 Å². The molecular weight excluding hydrogens is 693 g/mol. The number of likely N-dealkylation sites (tertiary alicyclic amines) is 1. The Hall–Kier alpha value is -2.19. The second-order valence-corrected chi connectivity index (χ2v) is 15.1. The van der Waals surface area contributed by atoms with Crippen LogP contribution in [-0.2, 0) is 14.3 Å². The third kappa shape index (κ3) is 6.80. The average Bonchev–Trinajstić information content (AvgIpc) is 3.63. The predicted molar refractivity (Wildman–Crippen MR) is 168 cm³/mol. The highest BCUT2D eigenvalue weighted by Gasteiger charge is 2.52. The van der Waals surface area contributed by atoms with E-state index in [0.29, 0.717) is 29.2 Å². The van der Waals surface area contributed by atoms with Gasteiger partial charge in [0.25, 0.3) is 5.91 Å². The number of likely N-dealkylation sites (N-methyl/N-ethyl adjacent to an activating group) is 1. The number of nitrogens with one attached hydrogen (secondary N) is 1. The van der Waals surface area contributed by atoms with Crippen LogP contribution >= 0.6 is 43.2 Å². The molecule has 2 amide bonds. The largest absolute Gasteiger partial charge is 0.367 e. The molecule has 2 unspecified atom stereocenters. The number of hydrogen-bond donors (Lipinski definition) is 1. The van der Waals surface area contributed by atoms with Crippen LogP contribution < -0.4 is 10.2 Å². The minimum Gasteiger partial charge on any atom is -0.367 e. The molecule has 3 aliphatic heterocycles. The molecule has 2 aromatic rings. The molecule has 0 radical (unpaired) electrons. The highest BCUT2D eigenvalue weighted by Crippen LogP contribution is 2.36. The van der Waals surface area contributed by atoms with Crippen LogP contribution in [0.2, 0.25) is 0 Å². The number of fused-ring (bicyclic) bond motifs is 1. The van der Waals surface area contributed by atoms with E-state index in [4.69, 9.17) is 4.74 Å². The van der Waals surface area contributed by atoms with Gasteiger partial charge in [-0.2, -0.15) is 4.39 Å². The Morgan fingerprint density at radius 1 is 1.19 bits per heavy atom. The first-order valence-corrected chi connectivity index (χ1v) is 16.4. The summed E-state index contributed by atoms with van der Waals surface area (Å²) < 4.78 is 21.4. The molecule has 9 nitrogen and oxygen atoms in total. The van der Waals surface area contributed by atoms with Crippen LogP contribution in [0.4, 0.5) is 9.52 Å². The van der Waals surface area contributed by atoms with E-state index in [9.17, 15) is 18.8 Å². The van der Waals surface area contributed by atoms with Crippen molar-refractivity contribution in [3.8, 4) is 11.3 Å². The molecule has 13 heteroatoms. The summed E-state index contributed by atoms with van der Waals surface area (Å²) in [7, 11) is 2.06. The van der Waals surface area contributed by atoms with E-state index in [2.05, 4.69) is 59.0 Å². The van der Waals surface area contributed by atoms with E-state index >= 15 is 0 Å². The minimum atomic E-state index is -0.816. The monoisotopic (exact) mass is 725 g/mol. The number of rotatable bonds is 8. The summed E-state index contributed by atoms with van der Waals surface area (Å²) in [6, 6.07) is 5.09. The number of amides is 2. The van der Waals surface area contributed by atoms with Crippen LogP contribution in [0.25, 0.3) is 11.3 Å². The standard InChI is InChI=1S/C29H34Br2FN5O4S/c1-16(2)12-20(28(40)37-14-19(13-22(30)31)25-24(37)21(38)15-41-25)33-27(39)18-6-4-17(5-7-18)23-26(32)42-29(34-23)36-10-8-35(3)9-11-36/h4-7,13,16,19-20,24-25H,8-12,14-15H2,1-3H3,(H,33,39)/t19-,20+,24?,25?/m1/s1. The summed E-state index contributed by atoms with van der Waals surface area (Å²) in [5.74, 6) is -0.896. The second-order valence-electron chi connectivity index (χ2n) is 11.4. The number of aromatic nitrogens is 1. The van der Waals surface area contributed by atoms with Crippen molar-refractivity contribution in [3.63, 3.8) is 0 Å². The first-order chi connectivity index (χ1) is 20.0. The lowest BCUT2D eigenvalue weighted by atomic mass is 10.0. The highest BCUT2D eigenvalue weighted by molar-refractivity contribution is 9.28. The number of ether oxygens (including phenoxy) is 1. The Morgan fingerprint density at radius 3 is 2.52 bits per heavy atom. The lowest BCUT2D eigenvalue weighted by molar-refractivity contribution is -0.138. The normalized spacial score (nSPS) is 23.3. The highest BCUT2D eigenvalue weighted by atomic mass is 79.9. The molecule has 1 aromatic carbocycles. The molecule has 0 spiro atoms. The van der Waals surface area contributed by atoms with Crippen LogP contribution in [0.5, 0.6) is 0 Å². The van der Waals surface area contributed by atoms with Gasteiger partial charge in [-0.25, -0.2) is 4.98 Å². The summed E-state index contributed by atoms with van der Waals surface area (Å²) in [6.07, 6.45) is 1.88. The Morgan fingerprint density at radius 2 is 1.88 bits per heavy atom. The summed E-state index contributed by atoms with van der Waals surface area (Å²) in [4.78, 5) is 50.2. The maximum atomic E-state index is 14.9. The average molecular weight is 727 g/mol. The summed E-state index contributed by atoms with van der Waals surface area (Å²) in [6.45, 7) is 7.62. The van der Waals surface area contributed by atoms with Gasteiger partial charge in [-0.1, -0.05) is 43.4 Å². The first kappa shape index (κ1) is 31.2. The zero-order valence-electron chi connectivity index (χ0n) is 23.7. The van der Waals surface area contributed by atoms with Gasteiger partial charge in [-0.15, -0.1) is 0 Å². The van der Waals surface area contributed by atoms with Gasteiger partial charge in [0, 0.05) is 49.8 Å². The van der Waals surface area contributed by atoms with Gasteiger partial charge in [-0.3, -0.25) is 14.4 Å². The molecule has 3 fully saturated rings. The number of anilines is 1. The molecule has 0 aliphatic carbocycles. The van der Waals surface area contributed by atoms with E-state index < -0.39 is 24.1 Å². The Bertz CT molecular complexity index is 1360.